The minimum absolute atomic E-state index is 0.198. The smallest absolute Gasteiger partial charge is 0.245 e. The first-order chi connectivity index (χ1) is 7.75. The second-order valence-corrected chi connectivity index (χ2v) is 5.72. The van der Waals surface area contributed by atoms with Gasteiger partial charge in [-0.2, -0.15) is 0 Å². The van der Waals surface area contributed by atoms with E-state index in [0.29, 0.717) is 4.31 Å². The summed E-state index contributed by atoms with van der Waals surface area (Å²) in [4.78, 5) is 11.1. The first-order valence-electron chi connectivity index (χ1n) is 4.68. The van der Waals surface area contributed by atoms with Gasteiger partial charge in [-0.3, -0.25) is 9.10 Å². The lowest BCUT2D eigenvalue weighted by molar-refractivity contribution is -0.112. The van der Waals surface area contributed by atoms with Crippen LogP contribution in [0.3, 0.4) is 0 Å². The van der Waals surface area contributed by atoms with Crippen molar-refractivity contribution in [1.82, 2.24) is 0 Å². The highest BCUT2D eigenvalue weighted by Gasteiger charge is 2.29. The molecule has 0 N–H and O–H groups in total. The van der Waals surface area contributed by atoms with Gasteiger partial charge in [0.1, 0.15) is 11.9 Å². The zero-order chi connectivity index (χ0) is 13.2. The molecule has 7 heteroatoms. The quantitative estimate of drug-likeness (QED) is 0.789. The molecule has 0 spiro atoms. The summed E-state index contributed by atoms with van der Waals surface area (Å²) in [7, 11) is -3.80. The van der Waals surface area contributed by atoms with E-state index in [9.17, 15) is 17.6 Å². The van der Waals surface area contributed by atoms with Crippen LogP contribution in [0.2, 0.25) is 0 Å². The molecule has 1 unspecified atom stereocenters. The minimum atomic E-state index is -3.80. The highest BCUT2D eigenvalue weighted by molar-refractivity contribution is 7.92. The van der Waals surface area contributed by atoms with Crippen molar-refractivity contribution in [2.75, 3.05) is 10.6 Å². The van der Waals surface area contributed by atoms with Gasteiger partial charge in [0, 0.05) is 0 Å². The fraction of sp³-hybridized carbons (Fsp3) is 0.300. The molecule has 0 bridgehead atoms. The summed E-state index contributed by atoms with van der Waals surface area (Å²) in [6.45, 7) is 1.29. The van der Waals surface area contributed by atoms with E-state index in [4.69, 9.17) is 11.6 Å². The van der Waals surface area contributed by atoms with Gasteiger partial charge in [-0.25, -0.2) is 12.8 Å². The fourth-order valence-electron chi connectivity index (χ4n) is 1.40. The molecule has 0 heterocycles. The van der Waals surface area contributed by atoms with Crippen molar-refractivity contribution >= 4 is 32.6 Å². The molecule has 1 rings (SSSR count). The summed E-state index contributed by atoms with van der Waals surface area (Å²) >= 11 is 5.26. The van der Waals surface area contributed by atoms with E-state index in [1.165, 1.54) is 25.1 Å². The van der Waals surface area contributed by atoms with Crippen LogP contribution < -0.4 is 4.31 Å². The van der Waals surface area contributed by atoms with Crippen molar-refractivity contribution in [3.05, 3.63) is 30.1 Å². The Morgan fingerprint density at radius 1 is 1.41 bits per heavy atom. The second-order valence-electron chi connectivity index (χ2n) is 3.49. The molecule has 0 saturated carbocycles. The van der Waals surface area contributed by atoms with Crippen LogP contribution in [0.4, 0.5) is 10.1 Å². The number of anilines is 1. The third-order valence-corrected chi connectivity index (χ3v) is 3.67. The maximum absolute atomic E-state index is 13.5. The summed E-state index contributed by atoms with van der Waals surface area (Å²) < 4.78 is 37.4. The summed E-state index contributed by atoms with van der Waals surface area (Å²) in [5.74, 6) is -0.734. The molecule has 1 atom stereocenters. The molecule has 0 amide bonds. The monoisotopic (exact) mass is 279 g/mol. The number of carbonyl (C=O) groups is 1. The Bertz CT molecular complexity index is 532. The lowest BCUT2D eigenvalue weighted by Gasteiger charge is -2.26. The Morgan fingerprint density at radius 3 is 2.35 bits per heavy atom. The number of para-hydroxylation sites is 1. The minimum Gasteiger partial charge on any atom is -0.279 e. The average molecular weight is 280 g/mol. The van der Waals surface area contributed by atoms with E-state index in [2.05, 4.69) is 0 Å². The zero-order valence-corrected chi connectivity index (χ0v) is 10.8. The Morgan fingerprint density at radius 2 is 1.94 bits per heavy atom. The van der Waals surface area contributed by atoms with Crippen LogP contribution in [-0.4, -0.2) is 26.0 Å². The topological polar surface area (TPSA) is 54.5 Å². The molecule has 0 aliphatic heterocycles. The van der Waals surface area contributed by atoms with E-state index < -0.39 is 27.1 Å². The van der Waals surface area contributed by atoms with Crippen LogP contribution >= 0.6 is 11.6 Å². The van der Waals surface area contributed by atoms with Crippen LogP contribution in [0, 0.1) is 5.82 Å². The van der Waals surface area contributed by atoms with Crippen molar-refractivity contribution in [3.63, 3.8) is 0 Å². The van der Waals surface area contributed by atoms with E-state index in [-0.39, 0.29) is 5.69 Å². The van der Waals surface area contributed by atoms with E-state index >= 15 is 0 Å². The third-order valence-electron chi connectivity index (χ3n) is 2.13. The first kappa shape index (κ1) is 13.9. The van der Waals surface area contributed by atoms with Crippen LogP contribution in [-0.2, 0) is 14.8 Å². The number of nitrogens with zero attached hydrogens (tertiary/aromatic N) is 1. The lowest BCUT2D eigenvalue weighted by atomic mass is 10.2. The van der Waals surface area contributed by atoms with E-state index in [0.717, 1.165) is 12.3 Å². The predicted octanol–water partition coefficient (Wildman–Crippen LogP) is 1.75. The molecular weight excluding hydrogens is 269 g/mol. The van der Waals surface area contributed by atoms with Gasteiger partial charge in [0.2, 0.25) is 15.3 Å². The SMILES string of the molecule is CC(C(=O)Cl)N(c1ccccc1F)S(C)(=O)=O. The summed E-state index contributed by atoms with van der Waals surface area (Å²) in [6, 6.07) is 4.11. The van der Waals surface area contributed by atoms with Crippen LogP contribution in [0.15, 0.2) is 24.3 Å². The number of hydrogen-bond acceptors (Lipinski definition) is 3. The van der Waals surface area contributed by atoms with Gasteiger partial charge < -0.3 is 0 Å². The number of hydrogen-bond donors (Lipinski definition) is 0. The molecule has 0 aliphatic rings. The Hall–Kier alpha value is -1.14. The molecule has 4 nitrogen and oxygen atoms in total. The largest absolute Gasteiger partial charge is 0.279 e. The van der Waals surface area contributed by atoms with Gasteiger partial charge in [0.15, 0.2) is 0 Å². The highest BCUT2D eigenvalue weighted by Crippen LogP contribution is 2.24. The first-order valence-corrected chi connectivity index (χ1v) is 6.91. The predicted molar refractivity (Wildman–Crippen MR) is 64.0 cm³/mol. The Labute approximate surface area is 104 Å². The second kappa shape index (κ2) is 5.01. The average Bonchev–Trinajstić information content (AvgIpc) is 2.19. The number of rotatable bonds is 4. The van der Waals surface area contributed by atoms with Crippen molar-refractivity contribution in [2.24, 2.45) is 0 Å². The number of benzene rings is 1. The van der Waals surface area contributed by atoms with E-state index in [1.807, 2.05) is 0 Å². The van der Waals surface area contributed by atoms with Gasteiger partial charge in [0.05, 0.1) is 11.9 Å². The third kappa shape index (κ3) is 3.17. The van der Waals surface area contributed by atoms with Crippen molar-refractivity contribution in [3.8, 4) is 0 Å². The molecule has 0 saturated heterocycles. The summed E-state index contributed by atoms with van der Waals surface area (Å²) in [5.41, 5.74) is -0.198. The Balaban J connectivity index is 3.36. The van der Waals surface area contributed by atoms with Gasteiger partial charge in [-0.15, -0.1) is 0 Å². The van der Waals surface area contributed by atoms with Crippen LogP contribution in [0.5, 0.6) is 0 Å². The normalized spacial score (nSPS) is 13.2. The molecular formula is C10H11ClFNO3S. The van der Waals surface area contributed by atoms with Crippen LogP contribution in [0.25, 0.3) is 0 Å². The number of carbonyl (C=O) groups excluding carboxylic acids is 1. The molecule has 0 radical (unpaired) electrons. The molecule has 0 aromatic heterocycles. The van der Waals surface area contributed by atoms with Gasteiger partial charge >= 0.3 is 0 Å². The maximum Gasteiger partial charge on any atom is 0.245 e. The van der Waals surface area contributed by atoms with E-state index in [1.54, 1.807) is 0 Å². The number of halogens is 2. The molecule has 94 valence electrons. The zero-order valence-electron chi connectivity index (χ0n) is 9.22. The standard InChI is InChI=1S/C10H11ClFNO3S/c1-7(10(11)14)13(17(2,15)16)9-6-4-3-5-8(9)12/h3-7H,1-2H3. The van der Waals surface area contributed by atoms with Crippen molar-refractivity contribution < 1.29 is 17.6 Å². The fourth-order valence-corrected chi connectivity index (χ4v) is 2.73. The summed E-state index contributed by atoms with van der Waals surface area (Å²) in [5, 5.41) is -0.876. The van der Waals surface area contributed by atoms with Crippen molar-refractivity contribution in [2.45, 2.75) is 13.0 Å². The van der Waals surface area contributed by atoms with Gasteiger partial charge in [-0.05, 0) is 30.7 Å². The van der Waals surface area contributed by atoms with Crippen LogP contribution in [0.1, 0.15) is 6.92 Å². The molecule has 0 fully saturated rings. The maximum atomic E-state index is 13.5. The van der Waals surface area contributed by atoms with Crippen molar-refractivity contribution in [1.29, 1.82) is 0 Å². The molecule has 1 aromatic rings. The molecule has 0 aliphatic carbocycles. The molecule has 1 aromatic carbocycles. The number of sulfonamides is 1. The van der Waals surface area contributed by atoms with Gasteiger partial charge in [0.25, 0.3) is 0 Å². The lowest BCUT2D eigenvalue weighted by Crippen LogP contribution is -2.41. The molecule has 17 heavy (non-hydrogen) atoms. The summed E-state index contributed by atoms with van der Waals surface area (Å²) in [6.07, 6.45) is 0.885. The highest BCUT2D eigenvalue weighted by atomic mass is 35.5. The Kier molecular flexibility index (Phi) is 4.11. The van der Waals surface area contributed by atoms with Gasteiger partial charge in [-0.1, -0.05) is 12.1 Å².